The lowest BCUT2D eigenvalue weighted by molar-refractivity contribution is -0.177. The van der Waals surface area contributed by atoms with Crippen LogP contribution in [0.25, 0.3) is 10.9 Å². The summed E-state index contributed by atoms with van der Waals surface area (Å²) in [6, 6.07) is 7.41. The predicted molar refractivity (Wildman–Crippen MR) is 85.0 cm³/mol. The van der Waals surface area contributed by atoms with Gasteiger partial charge in [-0.3, -0.25) is 19.0 Å². The number of nitrogens with zero attached hydrogens (tertiary/aromatic N) is 1. The molecule has 0 amide bonds. The second kappa shape index (κ2) is 5.05. The minimum Gasteiger partial charge on any atom is -0.456 e. The fourth-order valence-corrected chi connectivity index (χ4v) is 3.29. The summed E-state index contributed by atoms with van der Waals surface area (Å²) in [5.74, 6) is -1.55. The number of carbonyl (C=O) groups is 3. The molecule has 1 fully saturated rings. The van der Waals surface area contributed by atoms with Crippen molar-refractivity contribution in [1.82, 2.24) is 4.57 Å². The van der Waals surface area contributed by atoms with Crippen molar-refractivity contribution in [3.8, 4) is 0 Å². The molecule has 0 radical (unpaired) electrons. The van der Waals surface area contributed by atoms with Gasteiger partial charge in [0.1, 0.15) is 12.0 Å². The number of hydrogen-bond acceptors (Lipinski definition) is 4. The molecule has 1 aromatic carbocycles. The van der Waals surface area contributed by atoms with E-state index >= 15 is 0 Å². The van der Waals surface area contributed by atoms with Crippen LogP contribution < -0.4 is 0 Å². The fraction of sp³-hybridized carbons (Fsp3) is 0.389. The second-order valence-corrected chi connectivity index (χ2v) is 6.62. The Bertz CT molecular complexity index is 831. The topological polar surface area (TPSA) is 65.4 Å². The Morgan fingerprint density at radius 1 is 1.22 bits per heavy atom. The van der Waals surface area contributed by atoms with E-state index in [-0.39, 0.29) is 11.7 Å². The second-order valence-electron chi connectivity index (χ2n) is 6.62. The first kappa shape index (κ1) is 15.5. The van der Waals surface area contributed by atoms with Crippen molar-refractivity contribution in [2.24, 2.45) is 11.3 Å². The monoisotopic (exact) mass is 313 g/mol. The lowest BCUT2D eigenvalue weighted by atomic mass is 9.73. The summed E-state index contributed by atoms with van der Waals surface area (Å²) < 4.78 is 7.11. The van der Waals surface area contributed by atoms with Crippen LogP contribution in [0, 0.1) is 11.3 Å². The van der Waals surface area contributed by atoms with Crippen LogP contribution in [0.4, 0.5) is 0 Å². The molecule has 0 spiro atoms. The average Bonchev–Trinajstić information content (AvgIpc) is 2.89. The zero-order valence-electron chi connectivity index (χ0n) is 13.6. The Labute approximate surface area is 134 Å². The van der Waals surface area contributed by atoms with Crippen LogP contribution in [0.1, 0.15) is 44.2 Å². The molecule has 0 bridgehead atoms. The first-order chi connectivity index (χ1) is 10.7. The van der Waals surface area contributed by atoms with Gasteiger partial charge in [0.15, 0.2) is 5.78 Å². The summed E-state index contributed by atoms with van der Waals surface area (Å²) in [4.78, 5) is 36.5. The van der Waals surface area contributed by atoms with Crippen LogP contribution in [0.15, 0.2) is 30.5 Å². The molecule has 3 rings (SSSR count). The Balaban J connectivity index is 2.22. The van der Waals surface area contributed by atoms with Crippen LogP contribution >= 0.6 is 0 Å². The number of para-hydroxylation sites is 1. The molecule has 120 valence electrons. The SMILES string of the molecule is CC(=O)n1cc(C2OC(=O)C(C)C(=O)C2(C)C)c2ccccc21. The summed E-state index contributed by atoms with van der Waals surface area (Å²) in [5, 5.41) is 0.816. The highest BCUT2D eigenvalue weighted by molar-refractivity contribution is 6.04. The molecule has 0 saturated carbocycles. The lowest BCUT2D eigenvalue weighted by Gasteiger charge is -2.38. The molecule has 1 aliphatic rings. The Morgan fingerprint density at radius 2 is 1.87 bits per heavy atom. The van der Waals surface area contributed by atoms with Crippen LogP contribution in [0.3, 0.4) is 0 Å². The maximum atomic E-state index is 12.5. The van der Waals surface area contributed by atoms with E-state index in [1.54, 1.807) is 27.0 Å². The molecule has 2 unspecified atom stereocenters. The number of cyclic esters (lactones) is 1. The highest BCUT2D eigenvalue weighted by Crippen LogP contribution is 2.45. The number of ketones is 1. The van der Waals surface area contributed by atoms with Gasteiger partial charge in [-0.05, 0) is 26.8 Å². The lowest BCUT2D eigenvalue weighted by Crippen LogP contribution is -2.46. The maximum absolute atomic E-state index is 12.5. The summed E-state index contributed by atoms with van der Waals surface area (Å²) in [5.41, 5.74) is 0.585. The van der Waals surface area contributed by atoms with E-state index < -0.39 is 23.4 Å². The molecule has 1 saturated heterocycles. The minimum absolute atomic E-state index is 0.132. The van der Waals surface area contributed by atoms with Crippen LogP contribution in [-0.2, 0) is 14.3 Å². The summed E-state index contributed by atoms with van der Waals surface area (Å²) >= 11 is 0. The van der Waals surface area contributed by atoms with Gasteiger partial charge in [0.25, 0.3) is 0 Å². The van der Waals surface area contributed by atoms with Crippen LogP contribution in [0.2, 0.25) is 0 Å². The quantitative estimate of drug-likeness (QED) is 0.599. The van der Waals surface area contributed by atoms with E-state index in [2.05, 4.69) is 0 Å². The molecule has 2 heterocycles. The number of Topliss-reactive ketones (excluding diaryl/α,β-unsaturated/α-hetero) is 1. The van der Waals surface area contributed by atoms with Gasteiger partial charge in [-0.2, -0.15) is 0 Å². The van der Waals surface area contributed by atoms with Crippen molar-refractivity contribution in [3.05, 3.63) is 36.0 Å². The Kier molecular flexibility index (Phi) is 3.39. The van der Waals surface area contributed by atoms with Crippen molar-refractivity contribution >= 4 is 28.6 Å². The summed E-state index contributed by atoms with van der Waals surface area (Å²) in [6.45, 7) is 6.61. The van der Waals surface area contributed by atoms with E-state index in [0.29, 0.717) is 5.56 Å². The van der Waals surface area contributed by atoms with Gasteiger partial charge in [-0.25, -0.2) is 0 Å². The molecule has 23 heavy (non-hydrogen) atoms. The average molecular weight is 313 g/mol. The summed E-state index contributed by atoms with van der Waals surface area (Å²) in [6.07, 6.45) is 0.972. The molecular weight excluding hydrogens is 294 g/mol. The van der Waals surface area contributed by atoms with Gasteiger partial charge in [-0.1, -0.05) is 18.2 Å². The molecule has 2 aromatic rings. The van der Waals surface area contributed by atoms with E-state index in [9.17, 15) is 14.4 Å². The number of carbonyl (C=O) groups excluding carboxylic acids is 3. The molecule has 2 atom stereocenters. The summed E-state index contributed by atoms with van der Waals surface area (Å²) in [7, 11) is 0. The van der Waals surface area contributed by atoms with Gasteiger partial charge >= 0.3 is 5.97 Å². The third kappa shape index (κ3) is 2.19. The maximum Gasteiger partial charge on any atom is 0.316 e. The van der Waals surface area contributed by atoms with E-state index in [1.165, 1.54) is 11.5 Å². The first-order valence-electron chi connectivity index (χ1n) is 7.61. The minimum atomic E-state index is -0.848. The predicted octanol–water partition coefficient (Wildman–Crippen LogP) is 3.13. The number of hydrogen-bond donors (Lipinski definition) is 0. The molecule has 0 aliphatic carbocycles. The normalized spacial score (nSPS) is 23.8. The highest BCUT2D eigenvalue weighted by atomic mass is 16.5. The highest BCUT2D eigenvalue weighted by Gasteiger charge is 2.50. The third-order valence-corrected chi connectivity index (χ3v) is 4.64. The van der Waals surface area contributed by atoms with Crippen molar-refractivity contribution in [1.29, 1.82) is 0 Å². The van der Waals surface area contributed by atoms with Gasteiger partial charge in [0, 0.05) is 24.1 Å². The zero-order chi connectivity index (χ0) is 16.9. The van der Waals surface area contributed by atoms with Crippen LogP contribution in [0.5, 0.6) is 0 Å². The van der Waals surface area contributed by atoms with Gasteiger partial charge in [0.2, 0.25) is 5.91 Å². The first-order valence-corrected chi connectivity index (χ1v) is 7.61. The van der Waals surface area contributed by atoms with E-state index in [1.807, 2.05) is 24.3 Å². The molecule has 1 aliphatic heterocycles. The largest absolute Gasteiger partial charge is 0.456 e. The Morgan fingerprint density at radius 3 is 2.52 bits per heavy atom. The number of fused-ring (bicyclic) bond motifs is 1. The molecule has 0 N–H and O–H groups in total. The molecule has 5 nitrogen and oxygen atoms in total. The standard InChI is InChI=1S/C18H19NO4/c1-10-15(21)18(3,4)16(23-17(10)22)13-9-19(11(2)20)14-8-6-5-7-12(13)14/h5-10,16H,1-4H3. The van der Waals surface area contributed by atoms with Crippen molar-refractivity contribution in [2.45, 2.75) is 33.8 Å². The molecular formula is C18H19NO4. The van der Waals surface area contributed by atoms with Gasteiger partial charge in [-0.15, -0.1) is 0 Å². The van der Waals surface area contributed by atoms with E-state index in [0.717, 1.165) is 10.9 Å². The van der Waals surface area contributed by atoms with Gasteiger partial charge in [0.05, 0.1) is 10.9 Å². The van der Waals surface area contributed by atoms with Crippen LogP contribution in [-0.4, -0.2) is 22.2 Å². The van der Waals surface area contributed by atoms with Crippen molar-refractivity contribution in [2.75, 3.05) is 0 Å². The number of rotatable bonds is 1. The third-order valence-electron chi connectivity index (χ3n) is 4.64. The van der Waals surface area contributed by atoms with Crippen molar-refractivity contribution < 1.29 is 19.1 Å². The number of ether oxygens (including phenoxy) is 1. The Hall–Kier alpha value is -2.43. The molecule has 5 heteroatoms. The number of aromatic nitrogens is 1. The van der Waals surface area contributed by atoms with E-state index in [4.69, 9.17) is 4.74 Å². The number of benzene rings is 1. The fourth-order valence-electron chi connectivity index (χ4n) is 3.29. The van der Waals surface area contributed by atoms with Crippen molar-refractivity contribution in [3.63, 3.8) is 0 Å². The zero-order valence-corrected chi connectivity index (χ0v) is 13.6. The molecule has 1 aromatic heterocycles. The van der Waals surface area contributed by atoms with Gasteiger partial charge < -0.3 is 4.74 Å². The smallest absolute Gasteiger partial charge is 0.316 e. The number of esters is 1.